The summed E-state index contributed by atoms with van der Waals surface area (Å²) in [6, 6.07) is 7.62. The Morgan fingerprint density at radius 2 is 2.21 bits per heavy atom. The minimum absolute atomic E-state index is 0.190. The van der Waals surface area contributed by atoms with Crippen LogP contribution in [0.5, 0.6) is 5.75 Å². The maximum Gasteiger partial charge on any atom is 0.152 e. The molecule has 1 atom stereocenters. The van der Waals surface area contributed by atoms with Gasteiger partial charge < -0.3 is 4.74 Å². The van der Waals surface area contributed by atoms with Crippen molar-refractivity contribution in [3.63, 3.8) is 0 Å². The minimum atomic E-state index is 0.190. The van der Waals surface area contributed by atoms with Crippen LogP contribution in [0.25, 0.3) is 0 Å². The van der Waals surface area contributed by atoms with E-state index in [1.807, 2.05) is 24.3 Å². The standard InChI is InChI=1S/C11H14ClNO/c1-13-8-4-7-11(13)14-10-6-3-2-5-9(10)12/h2-3,5-6,11H,4,7-8H2,1H3. The molecule has 0 aliphatic carbocycles. The average Bonchev–Trinajstić information content (AvgIpc) is 2.56. The van der Waals surface area contributed by atoms with E-state index in [1.165, 1.54) is 6.42 Å². The molecular formula is C11H14ClNO. The van der Waals surface area contributed by atoms with Gasteiger partial charge in [-0.3, -0.25) is 4.90 Å². The first kappa shape index (κ1) is 9.81. The lowest BCUT2D eigenvalue weighted by molar-refractivity contribution is 0.0813. The Hall–Kier alpha value is -0.730. The first-order valence-electron chi connectivity index (χ1n) is 4.89. The molecule has 1 aliphatic rings. The third-order valence-corrected chi connectivity index (χ3v) is 2.87. The molecule has 0 saturated carbocycles. The molecule has 0 bridgehead atoms. The van der Waals surface area contributed by atoms with Gasteiger partial charge in [-0.15, -0.1) is 0 Å². The number of hydrogen-bond donors (Lipinski definition) is 0. The molecule has 0 amide bonds. The van der Waals surface area contributed by atoms with Crippen molar-refractivity contribution in [2.75, 3.05) is 13.6 Å². The van der Waals surface area contributed by atoms with Crippen LogP contribution in [0.3, 0.4) is 0 Å². The van der Waals surface area contributed by atoms with E-state index >= 15 is 0 Å². The number of ether oxygens (including phenoxy) is 1. The summed E-state index contributed by atoms with van der Waals surface area (Å²) >= 11 is 6.01. The summed E-state index contributed by atoms with van der Waals surface area (Å²) in [6.45, 7) is 1.11. The van der Waals surface area contributed by atoms with Crippen molar-refractivity contribution in [1.82, 2.24) is 4.90 Å². The van der Waals surface area contributed by atoms with E-state index in [1.54, 1.807) is 0 Å². The summed E-state index contributed by atoms with van der Waals surface area (Å²) in [6.07, 6.45) is 2.47. The van der Waals surface area contributed by atoms with Crippen LogP contribution in [0.2, 0.25) is 5.02 Å². The highest BCUT2D eigenvalue weighted by Crippen LogP contribution is 2.27. The predicted octanol–water partition coefficient (Wildman–Crippen LogP) is 2.77. The Morgan fingerprint density at radius 1 is 1.43 bits per heavy atom. The fourth-order valence-electron chi connectivity index (χ4n) is 1.72. The Labute approximate surface area is 89.4 Å². The predicted molar refractivity (Wildman–Crippen MR) is 57.7 cm³/mol. The molecule has 1 saturated heterocycles. The van der Waals surface area contributed by atoms with Gasteiger partial charge in [-0.2, -0.15) is 0 Å². The fraction of sp³-hybridized carbons (Fsp3) is 0.455. The van der Waals surface area contributed by atoms with Crippen LogP contribution in [0.4, 0.5) is 0 Å². The van der Waals surface area contributed by atoms with E-state index in [4.69, 9.17) is 16.3 Å². The van der Waals surface area contributed by atoms with Crippen molar-refractivity contribution in [3.05, 3.63) is 29.3 Å². The maximum absolute atomic E-state index is 6.01. The summed E-state index contributed by atoms with van der Waals surface area (Å²) in [4.78, 5) is 2.21. The lowest BCUT2D eigenvalue weighted by atomic mass is 10.3. The van der Waals surface area contributed by atoms with E-state index in [-0.39, 0.29) is 6.23 Å². The monoisotopic (exact) mass is 211 g/mol. The van der Waals surface area contributed by atoms with Gasteiger partial charge in [-0.25, -0.2) is 0 Å². The highest BCUT2D eigenvalue weighted by Gasteiger charge is 2.22. The molecule has 3 heteroatoms. The molecule has 1 unspecified atom stereocenters. The van der Waals surface area contributed by atoms with E-state index < -0.39 is 0 Å². The van der Waals surface area contributed by atoms with Gasteiger partial charge >= 0.3 is 0 Å². The molecule has 0 aromatic heterocycles. The summed E-state index contributed by atoms with van der Waals surface area (Å²) in [5, 5.41) is 0.688. The Morgan fingerprint density at radius 3 is 2.86 bits per heavy atom. The molecule has 14 heavy (non-hydrogen) atoms. The molecule has 1 aromatic rings. The van der Waals surface area contributed by atoms with Crippen LogP contribution in [-0.4, -0.2) is 24.7 Å². The molecule has 0 radical (unpaired) electrons. The van der Waals surface area contributed by atoms with Crippen molar-refractivity contribution in [2.45, 2.75) is 19.1 Å². The molecule has 1 aliphatic heterocycles. The molecule has 0 N–H and O–H groups in total. The smallest absolute Gasteiger partial charge is 0.152 e. The third-order valence-electron chi connectivity index (χ3n) is 2.55. The molecule has 2 nitrogen and oxygen atoms in total. The fourth-order valence-corrected chi connectivity index (χ4v) is 1.90. The van der Waals surface area contributed by atoms with Crippen LogP contribution in [0.1, 0.15) is 12.8 Å². The zero-order chi connectivity index (χ0) is 9.97. The zero-order valence-corrected chi connectivity index (χ0v) is 9.00. The van der Waals surface area contributed by atoms with Gasteiger partial charge in [0, 0.05) is 6.54 Å². The highest BCUT2D eigenvalue weighted by atomic mass is 35.5. The van der Waals surface area contributed by atoms with Gasteiger partial charge in [0.25, 0.3) is 0 Å². The van der Waals surface area contributed by atoms with Gasteiger partial charge in [-0.05, 0) is 32.0 Å². The van der Waals surface area contributed by atoms with Crippen molar-refractivity contribution >= 4 is 11.6 Å². The van der Waals surface area contributed by atoms with Crippen molar-refractivity contribution in [3.8, 4) is 5.75 Å². The lowest BCUT2D eigenvalue weighted by Crippen LogP contribution is -2.30. The zero-order valence-electron chi connectivity index (χ0n) is 8.24. The van der Waals surface area contributed by atoms with E-state index in [0.717, 1.165) is 18.7 Å². The Bertz CT molecular complexity index is 316. The largest absolute Gasteiger partial charge is 0.474 e. The van der Waals surface area contributed by atoms with Crippen molar-refractivity contribution in [2.24, 2.45) is 0 Å². The van der Waals surface area contributed by atoms with E-state index in [2.05, 4.69) is 11.9 Å². The minimum Gasteiger partial charge on any atom is -0.474 e. The second-order valence-corrected chi connectivity index (χ2v) is 4.03. The van der Waals surface area contributed by atoms with Gasteiger partial charge in [0.1, 0.15) is 5.75 Å². The maximum atomic E-state index is 6.01. The lowest BCUT2D eigenvalue weighted by Gasteiger charge is -2.21. The second-order valence-electron chi connectivity index (χ2n) is 3.63. The molecule has 0 spiro atoms. The van der Waals surface area contributed by atoms with Gasteiger partial charge in [-0.1, -0.05) is 23.7 Å². The Kier molecular flexibility index (Phi) is 2.94. The molecule has 2 rings (SSSR count). The third kappa shape index (κ3) is 2.02. The van der Waals surface area contributed by atoms with E-state index in [0.29, 0.717) is 5.02 Å². The van der Waals surface area contributed by atoms with Crippen LogP contribution in [-0.2, 0) is 0 Å². The molecule has 1 aromatic carbocycles. The first-order valence-corrected chi connectivity index (χ1v) is 5.26. The van der Waals surface area contributed by atoms with Gasteiger partial charge in [0.05, 0.1) is 5.02 Å². The van der Waals surface area contributed by atoms with Crippen LogP contribution in [0, 0.1) is 0 Å². The average molecular weight is 212 g/mol. The first-order chi connectivity index (χ1) is 6.77. The molecular weight excluding hydrogens is 198 g/mol. The topological polar surface area (TPSA) is 12.5 Å². The van der Waals surface area contributed by atoms with E-state index in [9.17, 15) is 0 Å². The van der Waals surface area contributed by atoms with Crippen LogP contribution >= 0.6 is 11.6 Å². The van der Waals surface area contributed by atoms with Crippen molar-refractivity contribution < 1.29 is 4.74 Å². The van der Waals surface area contributed by atoms with Gasteiger partial charge in [0.2, 0.25) is 0 Å². The summed E-state index contributed by atoms with van der Waals surface area (Å²) in [5.41, 5.74) is 0. The number of likely N-dealkylation sites (tertiary alicyclic amines) is 1. The number of rotatable bonds is 2. The number of hydrogen-bond acceptors (Lipinski definition) is 2. The van der Waals surface area contributed by atoms with Crippen LogP contribution in [0.15, 0.2) is 24.3 Å². The molecule has 76 valence electrons. The number of nitrogens with zero attached hydrogens (tertiary/aromatic N) is 1. The van der Waals surface area contributed by atoms with Crippen molar-refractivity contribution in [1.29, 1.82) is 0 Å². The normalized spacial score (nSPS) is 22.6. The SMILES string of the molecule is CN1CCCC1Oc1ccccc1Cl. The number of benzene rings is 1. The quantitative estimate of drug-likeness (QED) is 0.746. The van der Waals surface area contributed by atoms with Gasteiger partial charge in [0.15, 0.2) is 6.23 Å². The number of halogens is 1. The Balaban J connectivity index is 2.07. The second kappa shape index (κ2) is 4.20. The highest BCUT2D eigenvalue weighted by molar-refractivity contribution is 6.32. The molecule has 1 fully saturated rings. The number of para-hydroxylation sites is 1. The summed E-state index contributed by atoms with van der Waals surface area (Å²) in [5.74, 6) is 0.785. The van der Waals surface area contributed by atoms with Crippen LogP contribution < -0.4 is 4.74 Å². The summed E-state index contributed by atoms with van der Waals surface area (Å²) < 4.78 is 5.81. The molecule has 1 heterocycles. The summed E-state index contributed by atoms with van der Waals surface area (Å²) in [7, 11) is 2.08.